The van der Waals surface area contributed by atoms with E-state index in [0.29, 0.717) is 55.5 Å². The molecule has 0 aromatic heterocycles. The summed E-state index contributed by atoms with van der Waals surface area (Å²) in [5.74, 6) is 0.676. The van der Waals surface area contributed by atoms with Crippen LogP contribution in [0.4, 0.5) is 5.69 Å². The second kappa shape index (κ2) is 8.38. The molecule has 0 bridgehead atoms. The van der Waals surface area contributed by atoms with E-state index in [-0.39, 0.29) is 37.0 Å². The Bertz CT molecular complexity index is 813. The minimum absolute atomic E-state index is 0.0538. The average Bonchev–Trinajstić information content (AvgIpc) is 3.39. The van der Waals surface area contributed by atoms with E-state index in [9.17, 15) is 14.4 Å². The van der Waals surface area contributed by atoms with Gasteiger partial charge in [-0.25, -0.2) is 0 Å². The van der Waals surface area contributed by atoms with Gasteiger partial charge in [-0.05, 0) is 25.8 Å². The standard InChI is InChI=1S/C20H25N3O6/c1-13(24)14-9-17-18(29-12-28-17)10-15(14)21-19(25)11-22-4-6-23(7-5-22)20(26)16-3-2-8-27-16/h9-10,16H,2-8,11-12H2,1H3,(H,21,25)/t16-/m1/s1. The first kappa shape index (κ1) is 19.7. The van der Waals surface area contributed by atoms with Crippen molar-refractivity contribution in [2.24, 2.45) is 0 Å². The predicted octanol–water partition coefficient (Wildman–Crippen LogP) is 0.880. The molecule has 29 heavy (non-hydrogen) atoms. The molecular weight excluding hydrogens is 378 g/mol. The highest BCUT2D eigenvalue weighted by atomic mass is 16.7. The summed E-state index contributed by atoms with van der Waals surface area (Å²) < 4.78 is 16.1. The van der Waals surface area contributed by atoms with Crippen LogP contribution in [0.2, 0.25) is 0 Å². The van der Waals surface area contributed by atoms with Crippen molar-refractivity contribution in [1.82, 2.24) is 9.80 Å². The van der Waals surface area contributed by atoms with Gasteiger partial charge in [0, 0.05) is 44.4 Å². The number of ether oxygens (including phenoxy) is 3. The monoisotopic (exact) mass is 403 g/mol. The smallest absolute Gasteiger partial charge is 0.251 e. The molecule has 3 aliphatic heterocycles. The maximum absolute atomic E-state index is 12.5. The Morgan fingerprint density at radius 3 is 2.48 bits per heavy atom. The molecule has 1 atom stereocenters. The zero-order chi connectivity index (χ0) is 20.4. The van der Waals surface area contributed by atoms with Gasteiger partial charge in [-0.2, -0.15) is 0 Å². The number of Topliss-reactive ketones (excluding diaryl/α,β-unsaturated/α-hetero) is 1. The van der Waals surface area contributed by atoms with Crippen molar-refractivity contribution >= 4 is 23.3 Å². The van der Waals surface area contributed by atoms with E-state index in [1.807, 2.05) is 9.80 Å². The van der Waals surface area contributed by atoms with Crippen LogP contribution in [0, 0.1) is 0 Å². The van der Waals surface area contributed by atoms with Crippen LogP contribution >= 0.6 is 0 Å². The van der Waals surface area contributed by atoms with Crippen LogP contribution in [0.5, 0.6) is 11.5 Å². The minimum atomic E-state index is -0.305. The summed E-state index contributed by atoms with van der Waals surface area (Å²) in [6.07, 6.45) is 1.41. The maximum atomic E-state index is 12.5. The number of rotatable bonds is 5. The lowest BCUT2D eigenvalue weighted by Gasteiger charge is -2.35. The van der Waals surface area contributed by atoms with Gasteiger partial charge >= 0.3 is 0 Å². The molecule has 3 aliphatic rings. The van der Waals surface area contributed by atoms with Gasteiger partial charge in [0.1, 0.15) is 6.10 Å². The third-order valence-electron chi connectivity index (χ3n) is 5.42. The Labute approximate surface area is 168 Å². The molecule has 0 aliphatic carbocycles. The number of nitrogens with zero attached hydrogens (tertiary/aromatic N) is 2. The molecule has 0 spiro atoms. The lowest BCUT2D eigenvalue weighted by atomic mass is 10.1. The van der Waals surface area contributed by atoms with Crippen molar-refractivity contribution < 1.29 is 28.6 Å². The lowest BCUT2D eigenvalue weighted by Crippen LogP contribution is -2.52. The molecule has 9 heteroatoms. The molecule has 2 saturated heterocycles. The Morgan fingerprint density at radius 1 is 1.10 bits per heavy atom. The Kier molecular flexibility index (Phi) is 5.68. The van der Waals surface area contributed by atoms with E-state index < -0.39 is 0 Å². The molecule has 3 heterocycles. The number of hydrogen-bond acceptors (Lipinski definition) is 7. The first-order valence-corrected chi connectivity index (χ1v) is 9.88. The van der Waals surface area contributed by atoms with Gasteiger partial charge in [-0.1, -0.05) is 0 Å². The molecule has 1 N–H and O–H groups in total. The fraction of sp³-hybridized carbons (Fsp3) is 0.550. The fourth-order valence-corrected chi connectivity index (χ4v) is 3.83. The number of nitrogens with one attached hydrogen (secondary N) is 1. The van der Waals surface area contributed by atoms with E-state index >= 15 is 0 Å². The van der Waals surface area contributed by atoms with Crippen molar-refractivity contribution in [2.75, 3.05) is 51.4 Å². The summed E-state index contributed by atoms with van der Waals surface area (Å²) in [7, 11) is 0. The summed E-state index contributed by atoms with van der Waals surface area (Å²) in [6.45, 7) is 4.77. The van der Waals surface area contributed by atoms with E-state index in [4.69, 9.17) is 14.2 Å². The van der Waals surface area contributed by atoms with Crippen LogP contribution in [0.25, 0.3) is 0 Å². The van der Waals surface area contributed by atoms with Crippen molar-refractivity contribution in [3.05, 3.63) is 17.7 Å². The number of ketones is 1. The Hall–Kier alpha value is -2.65. The van der Waals surface area contributed by atoms with E-state index in [1.165, 1.54) is 6.92 Å². The van der Waals surface area contributed by atoms with Crippen LogP contribution < -0.4 is 14.8 Å². The lowest BCUT2D eigenvalue weighted by molar-refractivity contribution is -0.142. The molecular formula is C20H25N3O6. The number of benzene rings is 1. The molecule has 0 radical (unpaired) electrons. The second-order valence-corrected chi connectivity index (χ2v) is 7.46. The van der Waals surface area contributed by atoms with Gasteiger partial charge in [0.15, 0.2) is 17.3 Å². The van der Waals surface area contributed by atoms with Crippen LogP contribution in [-0.2, 0) is 14.3 Å². The molecule has 0 unspecified atom stereocenters. The molecule has 1 aromatic carbocycles. The largest absolute Gasteiger partial charge is 0.454 e. The molecule has 4 rings (SSSR count). The number of amides is 2. The number of anilines is 1. The highest BCUT2D eigenvalue weighted by molar-refractivity contribution is 6.05. The topological polar surface area (TPSA) is 97.4 Å². The zero-order valence-electron chi connectivity index (χ0n) is 16.4. The van der Waals surface area contributed by atoms with Gasteiger partial charge in [-0.3, -0.25) is 19.3 Å². The normalized spacial score (nSPS) is 21.3. The first-order chi connectivity index (χ1) is 14.0. The van der Waals surface area contributed by atoms with Gasteiger partial charge < -0.3 is 24.4 Å². The quantitative estimate of drug-likeness (QED) is 0.729. The van der Waals surface area contributed by atoms with Crippen molar-refractivity contribution in [3.63, 3.8) is 0 Å². The maximum Gasteiger partial charge on any atom is 0.251 e. The number of carbonyl (C=O) groups is 3. The summed E-state index contributed by atoms with van der Waals surface area (Å²) >= 11 is 0. The molecule has 2 fully saturated rings. The van der Waals surface area contributed by atoms with Crippen molar-refractivity contribution in [2.45, 2.75) is 25.9 Å². The molecule has 9 nitrogen and oxygen atoms in total. The first-order valence-electron chi connectivity index (χ1n) is 9.88. The Morgan fingerprint density at radius 2 is 1.83 bits per heavy atom. The summed E-state index contributed by atoms with van der Waals surface area (Å²) in [5.41, 5.74) is 0.800. The number of carbonyl (C=O) groups excluding carboxylic acids is 3. The van der Waals surface area contributed by atoms with Crippen LogP contribution in [-0.4, -0.2) is 79.6 Å². The summed E-state index contributed by atoms with van der Waals surface area (Å²) in [4.78, 5) is 40.7. The van der Waals surface area contributed by atoms with E-state index in [1.54, 1.807) is 12.1 Å². The zero-order valence-corrected chi connectivity index (χ0v) is 16.4. The third kappa shape index (κ3) is 4.35. The second-order valence-electron chi connectivity index (χ2n) is 7.46. The highest BCUT2D eigenvalue weighted by Crippen LogP contribution is 2.37. The SMILES string of the molecule is CC(=O)c1cc2c(cc1NC(=O)CN1CCN(C(=O)[C@H]3CCCO3)CC1)OCO2. The van der Waals surface area contributed by atoms with Gasteiger partial charge in [0.2, 0.25) is 12.7 Å². The number of fused-ring (bicyclic) bond motifs is 1. The molecule has 2 amide bonds. The van der Waals surface area contributed by atoms with Crippen LogP contribution in [0.15, 0.2) is 12.1 Å². The summed E-state index contributed by atoms with van der Waals surface area (Å²) in [6, 6.07) is 3.21. The fourth-order valence-electron chi connectivity index (χ4n) is 3.83. The molecule has 1 aromatic rings. The van der Waals surface area contributed by atoms with E-state index in [2.05, 4.69) is 5.32 Å². The van der Waals surface area contributed by atoms with Gasteiger partial charge in [0.25, 0.3) is 5.91 Å². The van der Waals surface area contributed by atoms with Crippen LogP contribution in [0.3, 0.4) is 0 Å². The predicted molar refractivity (Wildman–Crippen MR) is 103 cm³/mol. The van der Waals surface area contributed by atoms with Crippen molar-refractivity contribution in [3.8, 4) is 11.5 Å². The molecule has 0 saturated carbocycles. The summed E-state index contributed by atoms with van der Waals surface area (Å²) in [5, 5.41) is 2.81. The molecule has 156 valence electrons. The minimum Gasteiger partial charge on any atom is -0.454 e. The number of piperazine rings is 1. The van der Waals surface area contributed by atoms with Gasteiger partial charge in [0.05, 0.1) is 12.2 Å². The third-order valence-corrected chi connectivity index (χ3v) is 5.42. The van der Waals surface area contributed by atoms with Gasteiger partial charge in [-0.15, -0.1) is 0 Å². The van der Waals surface area contributed by atoms with Crippen LogP contribution in [0.1, 0.15) is 30.1 Å². The number of hydrogen-bond donors (Lipinski definition) is 1. The Balaban J connectivity index is 1.32. The average molecular weight is 403 g/mol. The van der Waals surface area contributed by atoms with E-state index in [0.717, 1.165) is 12.8 Å². The highest BCUT2D eigenvalue weighted by Gasteiger charge is 2.30. The van der Waals surface area contributed by atoms with Crippen molar-refractivity contribution in [1.29, 1.82) is 0 Å².